The van der Waals surface area contributed by atoms with Gasteiger partial charge in [-0.15, -0.1) is 0 Å². The highest BCUT2D eigenvalue weighted by Crippen LogP contribution is 2.17. The highest BCUT2D eigenvalue weighted by molar-refractivity contribution is 5.97. The Hall–Kier alpha value is -1.88. The Kier molecular flexibility index (Phi) is 5.90. The third-order valence-corrected chi connectivity index (χ3v) is 3.01. The van der Waals surface area contributed by atoms with Gasteiger partial charge in [-0.3, -0.25) is 9.59 Å². The fourth-order valence-corrected chi connectivity index (χ4v) is 1.81. The largest absolute Gasteiger partial charge is 0.355 e. The predicted octanol–water partition coefficient (Wildman–Crippen LogP) is 2.07. The lowest BCUT2D eigenvalue weighted by Gasteiger charge is -2.20. The summed E-state index contributed by atoms with van der Waals surface area (Å²) >= 11 is 0. The van der Waals surface area contributed by atoms with Gasteiger partial charge in [-0.1, -0.05) is 6.07 Å². The summed E-state index contributed by atoms with van der Waals surface area (Å²) in [5.41, 5.74) is 2.14. The quantitative estimate of drug-likeness (QED) is 0.778. The van der Waals surface area contributed by atoms with Crippen molar-refractivity contribution in [2.45, 2.75) is 39.7 Å². The van der Waals surface area contributed by atoms with Gasteiger partial charge in [0, 0.05) is 36.8 Å². The molecule has 0 saturated carbocycles. The average molecular weight is 291 g/mol. The van der Waals surface area contributed by atoms with E-state index in [1.54, 1.807) is 19.2 Å². The Balaban J connectivity index is 2.65. The van der Waals surface area contributed by atoms with Crippen molar-refractivity contribution < 1.29 is 9.59 Å². The van der Waals surface area contributed by atoms with Crippen LogP contribution >= 0.6 is 0 Å². The number of aryl methyl sites for hydroxylation is 1. The number of anilines is 1. The molecule has 0 unspecified atom stereocenters. The molecule has 1 aromatic carbocycles. The standard InChI is InChI=1S/C16H25N3O2/c1-11-6-7-12(15(21)17-5)10-13(11)19-14(20)8-9-18-16(2,3)4/h6-7,10,18H,8-9H2,1-5H3,(H,17,21)(H,19,20). The van der Waals surface area contributed by atoms with E-state index in [9.17, 15) is 9.59 Å². The third kappa shape index (κ3) is 5.95. The minimum absolute atomic E-state index is 0.00464. The number of nitrogens with one attached hydrogen (secondary N) is 3. The van der Waals surface area contributed by atoms with Crippen molar-refractivity contribution in [1.29, 1.82) is 0 Å². The Bertz CT molecular complexity index is 519. The van der Waals surface area contributed by atoms with E-state index in [1.165, 1.54) is 0 Å². The third-order valence-electron chi connectivity index (χ3n) is 3.01. The fourth-order valence-electron chi connectivity index (χ4n) is 1.81. The van der Waals surface area contributed by atoms with Crippen LogP contribution in [0.25, 0.3) is 0 Å². The van der Waals surface area contributed by atoms with E-state index >= 15 is 0 Å². The Morgan fingerprint density at radius 2 is 1.86 bits per heavy atom. The molecule has 5 nitrogen and oxygen atoms in total. The fraction of sp³-hybridized carbons (Fsp3) is 0.500. The first-order chi connectivity index (χ1) is 9.73. The molecule has 2 amide bonds. The Morgan fingerprint density at radius 1 is 1.19 bits per heavy atom. The summed E-state index contributed by atoms with van der Waals surface area (Å²) in [6.07, 6.45) is 0.390. The normalized spacial score (nSPS) is 11.1. The highest BCUT2D eigenvalue weighted by Gasteiger charge is 2.11. The molecule has 0 radical (unpaired) electrons. The van der Waals surface area contributed by atoms with Crippen LogP contribution in [-0.2, 0) is 4.79 Å². The Morgan fingerprint density at radius 3 is 2.43 bits per heavy atom. The molecule has 116 valence electrons. The zero-order chi connectivity index (χ0) is 16.0. The summed E-state index contributed by atoms with van der Waals surface area (Å²) in [6, 6.07) is 5.27. The molecule has 0 aromatic heterocycles. The van der Waals surface area contributed by atoms with Gasteiger partial charge in [0.05, 0.1) is 0 Å². The van der Waals surface area contributed by atoms with Crippen molar-refractivity contribution in [2.75, 3.05) is 18.9 Å². The minimum atomic E-state index is -0.167. The maximum Gasteiger partial charge on any atom is 0.251 e. The molecule has 0 atom stereocenters. The van der Waals surface area contributed by atoms with Crippen LogP contribution in [0.3, 0.4) is 0 Å². The lowest BCUT2D eigenvalue weighted by molar-refractivity contribution is -0.116. The number of rotatable bonds is 5. The van der Waals surface area contributed by atoms with Crippen LogP contribution in [0.2, 0.25) is 0 Å². The van der Waals surface area contributed by atoms with E-state index in [0.29, 0.717) is 24.2 Å². The van der Waals surface area contributed by atoms with Crippen LogP contribution < -0.4 is 16.0 Å². The van der Waals surface area contributed by atoms with Crippen LogP contribution in [0.4, 0.5) is 5.69 Å². The number of amides is 2. The highest BCUT2D eigenvalue weighted by atomic mass is 16.2. The van der Waals surface area contributed by atoms with Gasteiger partial charge < -0.3 is 16.0 Å². The summed E-state index contributed by atoms with van der Waals surface area (Å²) in [4.78, 5) is 23.6. The molecule has 0 saturated heterocycles. The van der Waals surface area contributed by atoms with Gasteiger partial charge >= 0.3 is 0 Å². The van der Waals surface area contributed by atoms with E-state index in [0.717, 1.165) is 5.56 Å². The number of carbonyl (C=O) groups is 2. The second-order valence-corrected chi connectivity index (χ2v) is 6.08. The van der Waals surface area contributed by atoms with Crippen molar-refractivity contribution in [3.8, 4) is 0 Å². The monoisotopic (exact) mass is 291 g/mol. The van der Waals surface area contributed by atoms with E-state index < -0.39 is 0 Å². The van der Waals surface area contributed by atoms with Crippen molar-refractivity contribution in [1.82, 2.24) is 10.6 Å². The van der Waals surface area contributed by atoms with Gasteiger partial charge in [0.15, 0.2) is 0 Å². The second-order valence-electron chi connectivity index (χ2n) is 6.08. The number of benzene rings is 1. The summed E-state index contributed by atoms with van der Waals surface area (Å²) < 4.78 is 0. The zero-order valence-electron chi connectivity index (χ0n) is 13.5. The molecule has 1 rings (SSSR count). The molecule has 0 aliphatic carbocycles. The topological polar surface area (TPSA) is 70.2 Å². The maximum atomic E-state index is 11.9. The predicted molar refractivity (Wildman–Crippen MR) is 85.6 cm³/mol. The van der Waals surface area contributed by atoms with Crippen LogP contribution in [0.1, 0.15) is 43.1 Å². The second kappa shape index (κ2) is 7.22. The van der Waals surface area contributed by atoms with Gasteiger partial charge in [0.25, 0.3) is 5.91 Å². The lowest BCUT2D eigenvalue weighted by atomic mass is 10.1. The molecule has 0 heterocycles. The summed E-state index contributed by atoms with van der Waals surface area (Å²) in [7, 11) is 1.58. The molecular formula is C16H25N3O2. The van der Waals surface area contributed by atoms with Crippen molar-refractivity contribution in [3.63, 3.8) is 0 Å². The minimum Gasteiger partial charge on any atom is -0.355 e. The van der Waals surface area contributed by atoms with Gasteiger partial charge in [-0.2, -0.15) is 0 Å². The SMILES string of the molecule is CNC(=O)c1ccc(C)c(NC(=O)CCNC(C)(C)C)c1. The van der Waals surface area contributed by atoms with Crippen molar-refractivity contribution in [2.24, 2.45) is 0 Å². The van der Waals surface area contributed by atoms with Gasteiger partial charge in [0.1, 0.15) is 0 Å². The number of carbonyl (C=O) groups excluding carboxylic acids is 2. The first-order valence-electron chi connectivity index (χ1n) is 7.10. The van der Waals surface area contributed by atoms with Gasteiger partial charge in [-0.25, -0.2) is 0 Å². The van der Waals surface area contributed by atoms with E-state index in [-0.39, 0.29) is 17.4 Å². The molecule has 1 aromatic rings. The maximum absolute atomic E-state index is 11.9. The molecule has 21 heavy (non-hydrogen) atoms. The van der Waals surface area contributed by atoms with E-state index in [1.807, 2.05) is 13.0 Å². The molecule has 5 heteroatoms. The molecule has 0 fully saturated rings. The zero-order valence-corrected chi connectivity index (χ0v) is 13.5. The summed E-state index contributed by atoms with van der Waals surface area (Å²) in [5, 5.41) is 8.69. The first kappa shape index (κ1) is 17.2. The molecule has 0 aliphatic rings. The van der Waals surface area contributed by atoms with Crippen LogP contribution in [0.15, 0.2) is 18.2 Å². The molecule has 0 bridgehead atoms. The molecule has 3 N–H and O–H groups in total. The number of hydrogen-bond acceptors (Lipinski definition) is 3. The van der Waals surface area contributed by atoms with Crippen molar-refractivity contribution in [3.05, 3.63) is 29.3 Å². The lowest BCUT2D eigenvalue weighted by Crippen LogP contribution is -2.37. The molecule has 0 spiro atoms. The van der Waals surface area contributed by atoms with E-state index in [4.69, 9.17) is 0 Å². The average Bonchev–Trinajstić information content (AvgIpc) is 2.39. The Labute approximate surface area is 126 Å². The van der Waals surface area contributed by atoms with Crippen LogP contribution in [0.5, 0.6) is 0 Å². The smallest absolute Gasteiger partial charge is 0.251 e. The summed E-state index contributed by atoms with van der Waals surface area (Å²) in [5.74, 6) is -0.233. The van der Waals surface area contributed by atoms with Crippen LogP contribution in [-0.4, -0.2) is 30.9 Å². The van der Waals surface area contributed by atoms with Gasteiger partial charge in [-0.05, 0) is 45.4 Å². The summed E-state index contributed by atoms with van der Waals surface area (Å²) in [6.45, 7) is 8.69. The first-order valence-corrected chi connectivity index (χ1v) is 7.10. The van der Waals surface area contributed by atoms with Crippen molar-refractivity contribution >= 4 is 17.5 Å². The van der Waals surface area contributed by atoms with E-state index in [2.05, 4.69) is 36.7 Å². The number of hydrogen-bond donors (Lipinski definition) is 3. The molecular weight excluding hydrogens is 266 g/mol. The molecule has 0 aliphatic heterocycles. The van der Waals surface area contributed by atoms with Gasteiger partial charge in [0.2, 0.25) is 5.91 Å². The van der Waals surface area contributed by atoms with Crippen LogP contribution in [0, 0.1) is 6.92 Å².